The fraction of sp³-hybridized carbons (Fsp3) is 0.214. The van der Waals surface area contributed by atoms with Gasteiger partial charge in [0.05, 0.1) is 17.6 Å². The normalized spacial score (nSPS) is 12.0. The Morgan fingerprint density at radius 1 is 1.30 bits per heavy atom. The molecular formula is C14H13Cl2N3O4. The molecule has 23 heavy (non-hydrogen) atoms. The highest BCUT2D eigenvalue weighted by Crippen LogP contribution is 2.32. The number of halogens is 2. The Hall–Kier alpha value is -2.09. The van der Waals surface area contributed by atoms with Gasteiger partial charge in [-0.1, -0.05) is 30.3 Å². The van der Waals surface area contributed by atoms with E-state index in [4.69, 9.17) is 23.2 Å². The molecule has 1 heterocycles. The molecule has 0 fully saturated rings. The molecular weight excluding hydrogens is 345 g/mol. The van der Waals surface area contributed by atoms with Crippen LogP contribution in [0.4, 0.5) is 11.4 Å². The first kappa shape index (κ1) is 17.3. The predicted molar refractivity (Wildman–Crippen MR) is 86.7 cm³/mol. The lowest BCUT2D eigenvalue weighted by Gasteiger charge is -2.18. The summed E-state index contributed by atoms with van der Waals surface area (Å²) in [6.45, 7) is -0.302. The number of aromatic nitrogens is 1. The van der Waals surface area contributed by atoms with Gasteiger partial charge in [-0.05, 0) is 35.2 Å². The third kappa shape index (κ3) is 4.01. The lowest BCUT2D eigenvalue weighted by molar-refractivity contribution is -0.600. The molecule has 2 aromatic rings. The number of rotatable bonds is 6. The van der Waals surface area contributed by atoms with Gasteiger partial charge in [-0.25, -0.2) is 0 Å². The van der Waals surface area contributed by atoms with Crippen molar-refractivity contribution in [1.82, 2.24) is 0 Å². The molecule has 0 bridgehead atoms. The molecule has 9 heteroatoms. The fourth-order valence-electron chi connectivity index (χ4n) is 2.09. The van der Waals surface area contributed by atoms with Crippen molar-refractivity contribution in [3.8, 4) is 0 Å². The largest absolute Gasteiger partial charge is 0.616 e. The lowest BCUT2D eigenvalue weighted by Crippen LogP contribution is -2.33. The summed E-state index contributed by atoms with van der Waals surface area (Å²) in [5.74, 6) is 0. The van der Waals surface area contributed by atoms with Crippen molar-refractivity contribution in [1.29, 1.82) is 0 Å². The summed E-state index contributed by atoms with van der Waals surface area (Å²) in [7, 11) is 0. The van der Waals surface area contributed by atoms with E-state index in [0.717, 1.165) is 11.6 Å². The zero-order valence-corrected chi connectivity index (χ0v) is 13.3. The fourth-order valence-corrected chi connectivity index (χ4v) is 2.56. The van der Waals surface area contributed by atoms with Crippen LogP contribution < -0.4 is 10.0 Å². The second kappa shape index (κ2) is 7.45. The Bertz CT molecular complexity index is 713. The Morgan fingerprint density at radius 3 is 2.52 bits per heavy atom. The van der Waals surface area contributed by atoms with E-state index >= 15 is 0 Å². The van der Waals surface area contributed by atoms with Crippen LogP contribution in [0.15, 0.2) is 36.4 Å². The Balaban J connectivity index is 2.33. The Kier molecular flexibility index (Phi) is 5.59. The number of hydrogen-bond donors (Lipinski definition) is 2. The van der Waals surface area contributed by atoms with Crippen LogP contribution in [-0.4, -0.2) is 22.7 Å². The van der Waals surface area contributed by atoms with Crippen molar-refractivity contribution in [2.24, 2.45) is 0 Å². The number of hydrogen-bond acceptors (Lipinski definition) is 5. The highest BCUT2D eigenvalue weighted by atomic mass is 35.5. The first-order chi connectivity index (χ1) is 10.9. The van der Waals surface area contributed by atoms with Crippen molar-refractivity contribution in [3.63, 3.8) is 0 Å². The van der Waals surface area contributed by atoms with E-state index in [2.05, 4.69) is 5.32 Å². The topological polar surface area (TPSA) is 102 Å². The number of benzene rings is 1. The second-order valence-electron chi connectivity index (χ2n) is 4.78. The van der Waals surface area contributed by atoms with E-state index in [1.54, 1.807) is 0 Å². The molecule has 0 saturated heterocycles. The van der Waals surface area contributed by atoms with Crippen molar-refractivity contribution in [3.05, 3.63) is 67.6 Å². The van der Waals surface area contributed by atoms with E-state index in [-0.39, 0.29) is 17.0 Å². The van der Waals surface area contributed by atoms with Gasteiger partial charge in [0.15, 0.2) is 0 Å². The predicted octanol–water partition coefficient (Wildman–Crippen LogP) is 2.55. The highest BCUT2D eigenvalue weighted by molar-refractivity contribution is 6.33. The minimum atomic E-state index is -0.697. The van der Waals surface area contributed by atoms with Crippen LogP contribution in [0.2, 0.25) is 10.3 Å². The summed E-state index contributed by atoms with van der Waals surface area (Å²) < 4.78 is 0.176. The second-order valence-corrected chi connectivity index (χ2v) is 5.53. The van der Waals surface area contributed by atoms with Gasteiger partial charge >= 0.3 is 10.8 Å². The standard InChI is InChI=1S/C14H13Cl2N3O4/c15-12-7-11(19(22)23)13(14(16)18(12)21)17-10(8-20)6-9-4-2-1-3-5-9/h1-5,7,10,17,20H,6,8H2. The van der Waals surface area contributed by atoms with Crippen LogP contribution in [0.1, 0.15) is 5.56 Å². The minimum Gasteiger partial charge on any atom is -0.616 e. The maximum absolute atomic E-state index is 11.7. The quantitative estimate of drug-likeness (QED) is 0.272. The molecule has 1 atom stereocenters. The number of pyridine rings is 1. The molecule has 0 spiro atoms. The average molecular weight is 358 g/mol. The molecule has 0 aliphatic carbocycles. The van der Waals surface area contributed by atoms with E-state index in [1.165, 1.54) is 0 Å². The SMILES string of the molecule is O=[N+]([O-])c1cc(Cl)[n+]([O-])c(Cl)c1NC(CO)Cc1ccccc1. The molecule has 0 amide bonds. The Morgan fingerprint density at radius 2 is 1.96 bits per heavy atom. The molecule has 0 saturated carbocycles. The smallest absolute Gasteiger partial charge is 0.318 e. The molecule has 0 radical (unpaired) electrons. The molecule has 1 aromatic heterocycles. The van der Waals surface area contributed by atoms with Crippen LogP contribution in [0.25, 0.3) is 0 Å². The van der Waals surface area contributed by atoms with Crippen molar-refractivity contribution < 1.29 is 14.8 Å². The monoisotopic (exact) mass is 357 g/mol. The summed E-state index contributed by atoms with van der Waals surface area (Å²) in [5.41, 5.74) is 0.312. The molecule has 2 rings (SSSR count). The number of nitro groups is 1. The van der Waals surface area contributed by atoms with Gasteiger partial charge in [-0.15, -0.1) is 4.73 Å². The summed E-state index contributed by atoms with van der Waals surface area (Å²) in [5, 5.41) is 34.3. The van der Waals surface area contributed by atoms with E-state index in [0.29, 0.717) is 6.42 Å². The number of nitrogens with zero attached hydrogens (tertiary/aromatic N) is 2. The number of aliphatic hydroxyl groups is 1. The zero-order chi connectivity index (χ0) is 17.0. The molecule has 7 nitrogen and oxygen atoms in total. The van der Waals surface area contributed by atoms with Gasteiger partial charge in [-0.2, -0.15) is 0 Å². The molecule has 0 aliphatic rings. The molecule has 1 aromatic carbocycles. The van der Waals surface area contributed by atoms with Crippen LogP contribution in [0.3, 0.4) is 0 Å². The van der Waals surface area contributed by atoms with E-state index < -0.39 is 27.0 Å². The molecule has 0 aliphatic heterocycles. The summed E-state index contributed by atoms with van der Waals surface area (Å²) in [6, 6.07) is 9.60. The Labute approximate surface area is 141 Å². The average Bonchev–Trinajstić information content (AvgIpc) is 2.54. The van der Waals surface area contributed by atoms with Crippen LogP contribution in [0.5, 0.6) is 0 Å². The molecule has 2 N–H and O–H groups in total. The minimum absolute atomic E-state index is 0.175. The van der Waals surface area contributed by atoms with Crippen LogP contribution in [-0.2, 0) is 6.42 Å². The highest BCUT2D eigenvalue weighted by Gasteiger charge is 2.28. The maximum atomic E-state index is 11.7. The summed E-state index contributed by atoms with van der Waals surface area (Å²) >= 11 is 11.5. The van der Waals surface area contributed by atoms with Crippen molar-refractivity contribution >= 4 is 34.6 Å². The first-order valence-electron chi connectivity index (χ1n) is 6.61. The van der Waals surface area contributed by atoms with Crippen molar-refractivity contribution in [2.45, 2.75) is 12.5 Å². The molecule has 122 valence electrons. The first-order valence-corrected chi connectivity index (χ1v) is 7.37. The third-order valence-corrected chi connectivity index (χ3v) is 3.79. The summed E-state index contributed by atoms with van der Waals surface area (Å²) in [6.07, 6.45) is 0.395. The number of anilines is 1. The van der Waals surface area contributed by atoms with Gasteiger partial charge in [0.25, 0.3) is 5.15 Å². The van der Waals surface area contributed by atoms with Gasteiger partial charge in [0.1, 0.15) is 6.07 Å². The maximum Gasteiger partial charge on any atom is 0.318 e. The number of aliphatic hydroxyl groups excluding tert-OH is 1. The van der Waals surface area contributed by atoms with Gasteiger partial charge < -0.3 is 15.6 Å². The van der Waals surface area contributed by atoms with Gasteiger partial charge in [0, 0.05) is 0 Å². The summed E-state index contributed by atoms with van der Waals surface area (Å²) in [4.78, 5) is 10.4. The number of nitrogens with one attached hydrogen (secondary N) is 1. The van der Waals surface area contributed by atoms with E-state index in [1.807, 2.05) is 30.3 Å². The zero-order valence-electron chi connectivity index (χ0n) is 11.8. The molecule has 1 unspecified atom stereocenters. The lowest BCUT2D eigenvalue weighted by atomic mass is 10.1. The van der Waals surface area contributed by atoms with Crippen molar-refractivity contribution in [2.75, 3.05) is 11.9 Å². The van der Waals surface area contributed by atoms with Gasteiger partial charge in [-0.3, -0.25) is 10.1 Å². The van der Waals surface area contributed by atoms with E-state index in [9.17, 15) is 20.4 Å². The van der Waals surface area contributed by atoms with Crippen LogP contribution >= 0.6 is 23.2 Å². The van der Waals surface area contributed by atoms with Gasteiger partial charge in [0.2, 0.25) is 5.69 Å². The third-order valence-electron chi connectivity index (χ3n) is 3.18. The van der Waals surface area contributed by atoms with Crippen LogP contribution in [0, 0.1) is 15.3 Å².